The van der Waals surface area contributed by atoms with Crippen molar-refractivity contribution in [2.75, 3.05) is 39.6 Å². The van der Waals surface area contributed by atoms with Crippen molar-refractivity contribution in [3.8, 4) is 0 Å². The Kier molecular flexibility index (Phi) is 5.18. The second-order valence-corrected chi connectivity index (χ2v) is 4.74. The molecule has 2 aliphatic rings. The first-order chi connectivity index (χ1) is 8.24. The lowest BCUT2D eigenvalue weighted by Gasteiger charge is -2.19. The largest absolute Gasteiger partial charge is 0.376 e. The Morgan fingerprint density at radius 3 is 1.71 bits per heavy atom. The van der Waals surface area contributed by atoms with Crippen LogP contribution in [0.3, 0.4) is 0 Å². The summed E-state index contributed by atoms with van der Waals surface area (Å²) in [6, 6.07) is 0. The normalized spacial score (nSPS) is 30.0. The van der Waals surface area contributed by atoms with Crippen molar-refractivity contribution in [1.29, 1.82) is 0 Å². The Morgan fingerprint density at radius 1 is 0.941 bits per heavy atom. The standard InChI is InChI=1S/C12H22O5/c1-9(3-13-5-11-7-15-11)17-10(2)4-14-6-12-8-16-12/h9-12H,3-8H2,1-2H3/t9-,10-,11-,12-/m0/s1. The van der Waals surface area contributed by atoms with Crippen molar-refractivity contribution in [3.05, 3.63) is 0 Å². The van der Waals surface area contributed by atoms with Crippen LogP contribution in [-0.2, 0) is 23.7 Å². The van der Waals surface area contributed by atoms with E-state index < -0.39 is 0 Å². The minimum atomic E-state index is 0.0875. The lowest BCUT2D eigenvalue weighted by molar-refractivity contribution is -0.0727. The van der Waals surface area contributed by atoms with Crippen LogP contribution in [0.25, 0.3) is 0 Å². The average Bonchev–Trinajstić information content (AvgIpc) is 3.12. The Balaban J connectivity index is 1.42. The lowest BCUT2D eigenvalue weighted by atomic mass is 10.4. The van der Waals surface area contributed by atoms with E-state index in [4.69, 9.17) is 23.7 Å². The van der Waals surface area contributed by atoms with Crippen LogP contribution in [0.4, 0.5) is 0 Å². The van der Waals surface area contributed by atoms with Gasteiger partial charge in [0, 0.05) is 0 Å². The molecular formula is C12H22O5. The highest BCUT2D eigenvalue weighted by Crippen LogP contribution is 2.10. The quantitative estimate of drug-likeness (QED) is 0.529. The zero-order chi connectivity index (χ0) is 12.1. The van der Waals surface area contributed by atoms with Crippen LogP contribution in [-0.4, -0.2) is 64.1 Å². The highest BCUT2D eigenvalue weighted by Gasteiger charge is 2.23. The zero-order valence-corrected chi connectivity index (χ0v) is 10.6. The van der Waals surface area contributed by atoms with Gasteiger partial charge < -0.3 is 23.7 Å². The lowest BCUT2D eigenvalue weighted by Crippen LogP contribution is -2.26. The van der Waals surface area contributed by atoms with Gasteiger partial charge in [0.05, 0.1) is 51.8 Å². The maximum absolute atomic E-state index is 5.72. The third-order valence-corrected chi connectivity index (χ3v) is 2.58. The summed E-state index contributed by atoms with van der Waals surface area (Å²) in [6.07, 6.45) is 0.817. The third-order valence-electron chi connectivity index (χ3n) is 2.58. The van der Waals surface area contributed by atoms with Crippen LogP contribution < -0.4 is 0 Å². The summed E-state index contributed by atoms with van der Waals surface area (Å²) in [4.78, 5) is 0. The second kappa shape index (κ2) is 6.66. The molecule has 17 heavy (non-hydrogen) atoms. The van der Waals surface area contributed by atoms with Crippen molar-refractivity contribution in [2.45, 2.75) is 38.3 Å². The molecule has 0 aliphatic carbocycles. The topological polar surface area (TPSA) is 52.8 Å². The predicted octanol–water partition coefficient (Wildman–Crippen LogP) is 0.611. The van der Waals surface area contributed by atoms with Crippen molar-refractivity contribution in [2.24, 2.45) is 0 Å². The van der Waals surface area contributed by atoms with Crippen LogP contribution in [0, 0.1) is 0 Å². The van der Waals surface area contributed by atoms with Crippen molar-refractivity contribution >= 4 is 0 Å². The Morgan fingerprint density at radius 2 is 1.35 bits per heavy atom. The first-order valence-electron chi connectivity index (χ1n) is 6.28. The smallest absolute Gasteiger partial charge is 0.104 e. The van der Waals surface area contributed by atoms with Gasteiger partial charge in [-0.1, -0.05) is 0 Å². The van der Waals surface area contributed by atoms with Gasteiger partial charge in [-0.25, -0.2) is 0 Å². The van der Waals surface area contributed by atoms with Gasteiger partial charge in [0.2, 0.25) is 0 Å². The summed E-state index contributed by atoms with van der Waals surface area (Å²) in [5, 5.41) is 0. The molecule has 2 aliphatic heterocycles. The highest BCUT2D eigenvalue weighted by molar-refractivity contribution is 4.68. The molecule has 0 radical (unpaired) electrons. The summed E-state index contributed by atoms with van der Waals surface area (Å²) < 4.78 is 26.8. The van der Waals surface area contributed by atoms with Crippen LogP contribution in [0.15, 0.2) is 0 Å². The Hall–Kier alpha value is -0.200. The van der Waals surface area contributed by atoms with E-state index in [9.17, 15) is 0 Å². The average molecular weight is 246 g/mol. The fourth-order valence-electron chi connectivity index (χ4n) is 1.53. The van der Waals surface area contributed by atoms with Gasteiger partial charge >= 0.3 is 0 Å². The number of hydrogen-bond acceptors (Lipinski definition) is 5. The molecule has 2 fully saturated rings. The fourth-order valence-corrected chi connectivity index (χ4v) is 1.53. The summed E-state index contributed by atoms with van der Waals surface area (Å²) in [7, 11) is 0. The molecule has 0 aromatic heterocycles. The molecule has 100 valence electrons. The van der Waals surface area contributed by atoms with E-state index in [1.54, 1.807) is 0 Å². The van der Waals surface area contributed by atoms with Gasteiger partial charge in [-0.15, -0.1) is 0 Å². The van der Waals surface area contributed by atoms with Crippen LogP contribution in [0.1, 0.15) is 13.8 Å². The predicted molar refractivity (Wildman–Crippen MR) is 61.1 cm³/mol. The van der Waals surface area contributed by atoms with Crippen molar-refractivity contribution < 1.29 is 23.7 Å². The maximum Gasteiger partial charge on any atom is 0.104 e. The summed E-state index contributed by atoms with van der Waals surface area (Å²) in [5.74, 6) is 0. The number of rotatable bonds is 10. The van der Waals surface area contributed by atoms with Gasteiger partial charge in [0.1, 0.15) is 12.2 Å². The SMILES string of the molecule is C[C@@H](COC[C@H]1CO1)O[C@@H](C)COC[C@H]1CO1. The van der Waals surface area contributed by atoms with Crippen molar-refractivity contribution in [3.63, 3.8) is 0 Å². The van der Waals surface area contributed by atoms with Crippen LogP contribution in [0.5, 0.6) is 0 Å². The molecule has 0 spiro atoms. The van der Waals surface area contributed by atoms with Gasteiger partial charge in [-0.2, -0.15) is 0 Å². The van der Waals surface area contributed by atoms with E-state index in [0.717, 1.165) is 13.2 Å². The molecule has 0 amide bonds. The monoisotopic (exact) mass is 246 g/mol. The van der Waals surface area contributed by atoms with Gasteiger partial charge in [0.25, 0.3) is 0 Å². The summed E-state index contributed by atoms with van der Waals surface area (Å²) in [6.45, 7) is 8.26. The van der Waals surface area contributed by atoms with E-state index in [-0.39, 0.29) is 12.2 Å². The summed E-state index contributed by atoms with van der Waals surface area (Å²) >= 11 is 0. The maximum atomic E-state index is 5.72. The highest BCUT2D eigenvalue weighted by atomic mass is 16.6. The first-order valence-corrected chi connectivity index (χ1v) is 6.28. The molecule has 0 bridgehead atoms. The van der Waals surface area contributed by atoms with E-state index in [1.165, 1.54) is 0 Å². The summed E-state index contributed by atoms with van der Waals surface area (Å²) in [5.41, 5.74) is 0. The molecule has 0 aromatic rings. The van der Waals surface area contributed by atoms with Crippen LogP contribution >= 0.6 is 0 Å². The second-order valence-electron chi connectivity index (χ2n) is 4.74. The van der Waals surface area contributed by atoms with Gasteiger partial charge in [-0.05, 0) is 13.8 Å². The molecule has 5 nitrogen and oxygen atoms in total. The molecule has 5 heteroatoms. The fraction of sp³-hybridized carbons (Fsp3) is 1.00. The van der Waals surface area contributed by atoms with E-state index in [2.05, 4.69) is 0 Å². The molecule has 2 saturated heterocycles. The number of hydrogen-bond donors (Lipinski definition) is 0. The molecule has 2 heterocycles. The van der Waals surface area contributed by atoms with Gasteiger partial charge in [0.15, 0.2) is 0 Å². The van der Waals surface area contributed by atoms with E-state index >= 15 is 0 Å². The number of epoxide rings is 2. The first kappa shape index (κ1) is 13.2. The van der Waals surface area contributed by atoms with Crippen molar-refractivity contribution in [1.82, 2.24) is 0 Å². The Bertz CT molecular complexity index is 193. The molecule has 0 saturated carbocycles. The van der Waals surface area contributed by atoms with Gasteiger partial charge in [-0.3, -0.25) is 0 Å². The molecular weight excluding hydrogens is 224 g/mol. The minimum Gasteiger partial charge on any atom is -0.376 e. The third kappa shape index (κ3) is 6.33. The van der Waals surface area contributed by atoms with E-state index in [1.807, 2.05) is 13.8 Å². The molecule has 0 aromatic carbocycles. The minimum absolute atomic E-state index is 0.0875. The molecule has 4 atom stereocenters. The number of ether oxygens (including phenoxy) is 5. The zero-order valence-electron chi connectivity index (χ0n) is 10.6. The van der Waals surface area contributed by atoms with E-state index in [0.29, 0.717) is 38.6 Å². The van der Waals surface area contributed by atoms with Crippen LogP contribution in [0.2, 0.25) is 0 Å². The Labute approximate surface area is 102 Å². The molecule has 0 unspecified atom stereocenters. The molecule has 0 N–H and O–H groups in total. The molecule has 2 rings (SSSR count).